The van der Waals surface area contributed by atoms with Crippen LogP contribution in [-0.4, -0.2) is 20.2 Å². The molecule has 2 aromatic heterocycles. The minimum absolute atomic E-state index is 0.0850. The van der Waals surface area contributed by atoms with Crippen molar-refractivity contribution in [2.24, 2.45) is 0 Å². The molecule has 0 amide bonds. The summed E-state index contributed by atoms with van der Waals surface area (Å²) in [5, 5.41) is 9.10. The summed E-state index contributed by atoms with van der Waals surface area (Å²) in [4.78, 5) is 22.6. The summed E-state index contributed by atoms with van der Waals surface area (Å²) < 4.78 is 3.21. The van der Waals surface area contributed by atoms with Gasteiger partial charge in [0.05, 0.1) is 0 Å². The maximum Gasteiger partial charge on any atom is 0.352 e. The van der Waals surface area contributed by atoms with Crippen molar-refractivity contribution in [3.63, 3.8) is 0 Å². The molecular formula is C13H14N2O3. The molecule has 2 rings (SSSR count). The molecule has 0 aliphatic heterocycles. The molecule has 0 aromatic carbocycles. The number of carboxylic acids is 1. The lowest BCUT2D eigenvalue weighted by molar-refractivity contribution is 0.0684. The first-order valence-corrected chi connectivity index (χ1v) is 5.64. The molecule has 0 fully saturated rings. The highest BCUT2D eigenvalue weighted by Gasteiger charge is 2.12. The van der Waals surface area contributed by atoms with Crippen LogP contribution in [-0.2, 0) is 13.1 Å². The number of aromatic carboxylic acids is 1. The third-order valence-electron chi connectivity index (χ3n) is 2.85. The van der Waals surface area contributed by atoms with Gasteiger partial charge in [0.25, 0.3) is 5.56 Å². The predicted molar refractivity (Wildman–Crippen MR) is 66.8 cm³/mol. The monoisotopic (exact) mass is 246 g/mol. The average Bonchev–Trinajstić information content (AvgIpc) is 2.69. The Bertz CT molecular complexity index is 625. The molecule has 0 radical (unpaired) electrons. The van der Waals surface area contributed by atoms with Crippen LogP contribution < -0.4 is 5.56 Å². The van der Waals surface area contributed by atoms with Crippen LogP contribution in [0, 0.1) is 6.92 Å². The molecule has 0 atom stereocenters. The van der Waals surface area contributed by atoms with Gasteiger partial charge >= 0.3 is 5.97 Å². The third-order valence-corrected chi connectivity index (χ3v) is 2.85. The molecule has 0 aliphatic carbocycles. The molecule has 94 valence electrons. The zero-order valence-corrected chi connectivity index (χ0v) is 10.0. The number of nitrogens with zero attached hydrogens (tertiary/aromatic N) is 2. The second-order valence-corrected chi connectivity index (χ2v) is 4.08. The summed E-state index contributed by atoms with van der Waals surface area (Å²) >= 11 is 0. The van der Waals surface area contributed by atoms with Gasteiger partial charge < -0.3 is 14.2 Å². The highest BCUT2D eigenvalue weighted by Crippen LogP contribution is 2.10. The van der Waals surface area contributed by atoms with Gasteiger partial charge in [0, 0.05) is 31.5 Å². The van der Waals surface area contributed by atoms with E-state index in [1.165, 1.54) is 6.07 Å². The number of hydrogen-bond acceptors (Lipinski definition) is 2. The van der Waals surface area contributed by atoms with Crippen LogP contribution in [0.25, 0.3) is 0 Å². The Morgan fingerprint density at radius 3 is 2.56 bits per heavy atom. The maximum absolute atomic E-state index is 11.5. The predicted octanol–water partition coefficient (Wildman–Crippen LogP) is 1.36. The number of carboxylic acid groups (broad SMARTS) is 1. The van der Waals surface area contributed by atoms with Crippen LogP contribution in [0.1, 0.15) is 16.1 Å². The van der Waals surface area contributed by atoms with Crippen LogP contribution in [0.3, 0.4) is 0 Å². The number of carbonyl (C=O) groups is 1. The van der Waals surface area contributed by atoms with E-state index in [1.807, 2.05) is 0 Å². The van der Waals surface area contributed by atoms with Gasteiger partial charge in [-0.05, 0) is 24.6 Å². The van der Waals surface area contributed by atoms with E-state index in [1.54, 1.807) is 46.7 Å². The molecule has 0 bridgehead atoms. The largest absolute Gasteiger partial charge is 0.477 e. The summed E-state index contributed by atoms with van der Waals surface area (Å²) in [6.07, 6.45) is 3.42. The zero-order chi connectivity index (χ0) is 13.1. The molecular weight excluding hydrogens is 232 g/mol. The Morgan fingerprint density at radius 1 is 1.17 bits per heavy atom. The van der Waals surface area contributed by atoms with Crippen LogP contribution >= 0.6 is 0 Å². The van der Waals surface area contributed by atoms with E-state index in [0.717, 1.165) is 5.56 Å². The molecule has 0 spiro atoms. The van der Waals surface area contributed by atoms with Crippen LogP contribution in [0.15, 0.2) is 41.5 Å². The highest BCUT2D eigenvalue weighted by atomic mass is 16.4. The van der Waals surface area contributed by atoms with Gasteiger partial charge in [-0.1, -0.05) is 6.07 Å². The molecule has 5 heteroatoms. The fourth-order valence-corrected chi connectivity index (χ4v) is 1.92. The van der Waals surface area contributed by atoms with Crippen molar-refractivity contribution in [2.75, 3.05) is 0 Å². The Hall–Kier alpha value is -2.30. The van der Waals surface area contributed by atoms with Crippen LogP contribution in [0.5, 0.6) is 0 Å². The number of rotatable bonds is 4. The van der Waals surface area contributed by atoms with Gasteiger partial charge in [-0.3, -0.25) is 4.79 Å². The van der Waals surface area contributed by atoms with Crippen LogP contribution in [0.2, 0.25) is 0 Å². The maximum atomic E-state index is 11.5. The summed E-state index contributed by atoms with van der Waals surface area (Å²) in [6, 6.07) is 6.71. The van der Waals surface area contributed by atoms with Crippen molar-refractivity contribution in [3.05, 3.63) is 58.3 Å². The second-order valence-electron chi connectivity index (χ2n) is 4.08. The normalized spacial score (nSPS) is 10.5. The van der Waals surface area contributed by atoms with Gasteiger partial charge in [-0.2, -0.15) is 0 Å². The number of aryl methyl sites for hydroxylation is 3. The summed E-state index contributed by atoms with van der Waals surface area (Å²) in [5.41, 5.74) is 0.917. The molecule has 2 aromatic rings. The SMILES string of the molecule is Cc1ccn(CCn2ccccc2=O)c1C(=O)O. The minimum atomic E-state index is -0.946. The third kappa shape index (κ3) is 2.34. The molecule has 0 saturated carbocycles. The fraction of sp³-hybridized carbons (Fsp3) is 0.231. The van der Waals surface area contributed by atoms with E-state index in [9.17, 15) is 9.59 Å². The van der Waals surface area contributed by atoms with Crippen LogP contribution in [0.4, 0.5) is 0 Å². The minimum Gasteiger partial charge on any atom is -0.477 e. The second kappa shape index (κ2) is 4.91. The smallest absolute Gasteiger partial charge is 0.352 e. The van der Waals surface area contributed by atoms with E-state index in [4.69, 9.17) is 5.11 Å². The van der Waals surface area contributed by atoms with Gasteiger partial charge in [0.15, 0.2) is 0 Å². The van der Waals surface area contributed by atoms with Gasteiger partial charge in [-0.15, -0.1) is 0 Å². The molecule has 0 aliphatic rings. The highest BCUT2D eigenvalue weighted by molar-refractivity contribution is 5.87. The topological polar surface area (TPSA) is 64.2 Å². The Balaban J connectivity index is 2.19. The molecule has 5 nitrogen and oxygen atoms in total. The van der Waals surface area contributed by atoms with E-state index in [2.05, 4.69) is 0 Å². The molecule has 2 heterocycles. The number of aromatic nitrogens is 2. The zero-order valence-electron chi connectivity index (χ0n) is 10.0. The standard InChI is InChI=1S/C13H14N2O3/c1-10-5-7-15(12(10)13(17)18)9-8-14-6-3-2-4-11(14)16/h2-7H,8-9H2,1H3,(H,17,18). The Morgan fingerprint density at radius 2 is 1.89 bits per heavy atom. The molecule has 0 unspecified atom stereocenters. The summed E-state index contributed by atoms with van der Waals surface area (Å²) in [5.74, 6) is -0.946. The summed E-state index contributed by atoms with van der Waals surface area (Å²) in [7, 11) is 0. The van der Waals surface area contributed by atoms with Crippen molar-refractivity contribution in [3.8, 4) is 0 Å². The number of hydrogen-bond donors (Lipinski definition) is 1. The average molecular weight is 246 g/mol. The molecule has 18 heavy (non-hydrogen) atoms. The van der Waals surface area contributed by atoms with E-state index in [0.29, 0.717) is 13.1 Å². The fourth-order valence-electron chi connectivity index (χ4n) is 1.92. The lowest BCUT2D eigenvalue weighted by Gasteiger charge is -2.08. The van der Waals surface area contributed by atoms with Crippen molar-refractivity contribution in [1.82, 2.24) is 9.13 Å². The van der Waals surface area contributed by atoms with Gasteiger partial charge in [0.1, 0.15) is 5.69 Å². The first-order chi connectivity index (χ1) is 8.59. The quantitative estimate of drug-likeness (QED) is 0.885. The van der Waals surface area contributed by atoms with E-state index in [-0.39, 0.29) is 11.3 Å². The Labute approximate surface area is 104 Å². The number of pyridine rings is 1. The Kier molecular flexibility index (Phi) is 3.32. The van der Waals surface area contributed by atoms with E-state index >= 15 is 0 Å². The van der Waals surface area contributed by atoms with Gasteiger partial charge in [-0.25, -0.2) is 4.79 Å². The van der Waals surface area contributed by atoms with Gasteiger partial charge in [0.2, 0.25) is 0 Å². The summed E-state index contributed by atoms with van der Waals surface area (Å²) in [6.45, 7) is 2.67. The van der Waals surface area contributed by atoms with E-state index < -0.39 is 5.97 Å². The lowest BCUT2D eigenvalue weighted by atomic mass is 10.3. The molecule has 0 saturated heterocycles. The lowest BCUT2D eigenvalue weighted by Crippen LogP contribution is -2.21. The van der Waals surface area contributed by atoms with Crippen molar-refractivity contribution in [1.29, 1.82) is 0 Å². The van der Waals surface area contributed by atoms with Crippen molar-refractivity contribution >= 4 is 5.97 Å². The van der Waals surface area contributed by atoms with Crippen molar-refractivity contribution < 1.29 is 9.90 Å². The first kappa shape index (κ1) is 12.2. The first-order valence-electron chi connectivity index (χ1n) is 5.64. The molecule has 1 N–H and O–H groups in total. The van der Waals surface area contributed by atoms with Crippen molar-refractivity contribution in [2.45, 2.75) is 20.0 Å².